The first-order valence-corrected chi connectivity index (χ1v) is 8.03. The molecule has 114 valence electrons. The predicted molar refractivity (Wildman–Crippen MR) is 91.3 cm³/mol. The zero-order valence-corrected chi connectivity index (χ0v) is 14.0. The molecule has 0 N–H and O–H groups in total. The van der Waals surface area contributed by atoms with Crippen molar-refractivity contribution in [2.75, 3.05) is 0 Å². The molecule has 2 rings (SSSR count). The Morgan fingerprint density at radius 2 is 1.95 bits per heavy atom. The highest BCUT2D eigenvalue weighted by Gasteiger charge is 2.16. The minimum Gasteiger partial charge on any atom is -0.461 e. The zero-order valence-electron chi connectivity index (χ0n) is 14.0. The highest BCUT2D eigenvalue weighted by molar-refractivity contribution is 5.48. The Kier molecular flexibility index (Phi) is 5.27. The van der Waals surface area contributed by atoms with Crippen LogP contribution in [0.1, 0.15) is 63.5 Å². The van der Waals surface area contributed by atoms with E-state index >= 15 is 0 Å². The smallest absolute Gasteiger partial charge is 0.127 e. The summed E-state index contributed by atoms with van der Waals surface area (Å²) in [5, 5.41) is 0. The van der Waals surface area contributed by atoms with Crippen LogP contribution in [0, 0.1) is 12.8 Å². The minimum absolute atomic E-state index is 0.511. The van der Waals surface area contributed by atoms with Gasteiger partial charge in [-0.25, -0.2) is 0 Å². The SMILES string of the molecule is C=C(C)C1CC/C(C)=C/CC/C(C)=C\c2cc(C)c(o2)C1. The molecule has 1 atom stereocenters. The maximum atomic E-state index is 6.07. The third-order valence-electron chi connectivity index (χ3n) is 4.48. The molecule has 1 aliphatic heterocycles. The van der Waals surface area contributed by atoms with Crippen LogP contribution in [0.5, 0.6) is 0 Å². The molecular weight excluding hydrogens is 256 g/mol. The molecule has 21 heavy (non-hydrogen) atoms. The van der Waals surface area contributed by atoms with Gasteiger partial charge in [-0.2, -0.15) is 0 Å². The maximum absolute atomic E-state index is 6.07. The van der Waals surface area contributed by atoms with Gasteiger partial charge in [0.15, 0.2) is 0 Å². The lowest BCUT2D eigenvalue weighted by Crippen LogP contribution is -2.06. The van der Waals surface area contributed by atoms with Gasteiger partial charge in [0.2, 0.25) is 0 Å². The molecule has 0 saturated heterocycles. The van der Waals surface area contributed by atoms with Gasteiger partial charge in [-0.15, -0.1) is 0 Å². The monoisotopic (exact) mass is 284 g/mol. The quantitative estimate of drug-likeness (QED) is 0.556. The highest BCUT2D eigenvalue weighted by Crippen LogP contribution is 2.28. The molecule has 0 amide bonds. The third kappa shape index (κ3) is 4.49. The molecular formula is C20H28O. The van der Waals surface area contributed by atoms with Crippen LogP contribution in [0.3, 0.4) is 0 Å². The van der Waals surface area contributed by atoms with Crippen LogP contribution in [0.2, 0.25) is 0 Å². The van der Waals surface area contributed by atoms with Gasteiger partial charge in [0.1, 0.15) is 11.5 Å². The van der Waals surface area contributed by atoms with Gasteiger partial charge in [-0.3, -0.25) is 0 Å². The molecule has 2 heterocycles. The van der Waals surface area contributed by atoms with Gasteiger partial charge in [-0.1, -0.05) is 29.4 Å². The van der Waals surface area contributed by atoms with Gasteiger partial charge in [-0.05, 0) is 77.0 Å². The van der Waals surface area contributed by atoms with E-state index in [4.69, 9.17) is 4.42 Å². The zero-order chi connectivity index (χ0) is 15.4. The summed E-state index contributed by atoms with van der Waals surface area (Å²) >= 11 is 0. The Balaban J connectivity index is 2.32. The lowest BCUT2D eigenvalue weighted by Gasteiger charge is -2.16. The molecule has 0 fully saturated rings. The van der Waals surface area contributed by atoms with Crippen LogP contribution in [-0.2, 0) is 6.42 Å². The summed E-state index contributed by atoms with van der Waals surface area (Å²) in [6.07, 6.45) is 10.1. The van der Waals surface area contributed by atoms with E-state index in [1.54, 1.807) is 0 Å². The van der Waals surface area contributed by atoms with E-state index in [0.29, 0.717) is 5.92 Å². The van der Waals surface area contributed by atoms with Gasteiger partial charge in [0, 0.05) is 6.42 Å². The molecule has 1 unspecified atom stereocenters. The van der Waals surface area contributed by atoms with Crippen molar-refractivity contribution in [3.05, 3.63) is 52.5 Å². The molecule has 0 aromatic carbocycles. The molecule has 0 aliphatic carbocycles. The van der Waals surface area contributed by atoms with Crippen molar-refractivity contribution in [2.24, 2.45) is 5.92 Å². The van der Waals surface area contributed by atoms with Crippen LogP contribution >= 0.6 is 0 Å². The summed E-state index contributed by atoms with van der Waals surface area (Å²) < 4.78 is 6.07. The molecule has 1 aromatic rings. The Morgan fingerprint density at radius 1 is 1.19 bits per heavy atom. The Bertz CT molecular complexity index is 569. The molecule has 1 aliphatic rings. The van der Waals surface area contributed by atoms with Crippen LogP contribution < -0.4 is 0 Å². The van der Waals surface area contributed by atoms with Gasteiger partial charge >= 0.3 is 0 Å². The third-order valence-corrected chi connectivity index (χ3v) is 4.48. The normalized spacial score (nSPS) is 25.6. The summed E-state index contributed by atoms with van der Waals surface area (Å²) in [6.45, 7) is 12.9. The predicted octanol–water partition coefficient (Wildman–Crippen LogP) is 6.25. The Hall–Kier alpha value is -1.50. The van der Waals surface area contributed by atoms with Gasteiger partial charge in [0.25, 0.3) is 0 Å². The molecule has 1 aromatic heterocycles. The fourth-order valence-electron chi connectivity index (χ4n) is 2.93. The fourth-order valence-corrected chi connectivity index (χ4v) is 2.93. The lowest BCUT2D eigenvalue weighted by molar-refractivity contribution is 0.446. The van der Waals surface area contributed by atoms with Crippen molar-refractivity contribution >= 4 is 6.08 Å². The van der Waals surface area contributed by atoms with E-state index in [2.05, 4.69) is 52.5 Å². The average molecular weight is 284 g/mol. The van der Waals surface area contributed by atoms with Crippen LogP contribution in [0.4, 0.5) is 0 Å². The van der Waals surface area contributed by atoms with E-state index in [9.17, 15) is 0 Å². The van der Waals surface area contributed by atoms with Gasteiger partial charge in [0.05, 0.1) is 0 Å². The molecule has 1 nitrogen and oxygen atoms in total. The van der Waals surface area contributed by atoms with Crippen LogP contribution in [-0.4, -0.2) is 0 Å². The summed E-state index contributed by atoms with van der Waals surface area (Å²) in [5.74, 6) is 2.64. The fraction of sp³-hybridized carbons (Fsp3) is 0.500. The second-order valence-corrected chi connectivity index (χ2v) is 6.62. The van der Waals surface area contributed by atoms with Crippen molar-refractivity contribution in [3.63, 3.8) is 0 Å². The summed E-state index contributed by atoms with van der Waals surface area (Å²) in [5.41, 5.74) is 5.42. The molecule has 0 radical (unpaired) electrons. The topological polar surface area (TPSA) is 13.1 Å². The van der Waals surface area contributed by atoms with Crippen molar-refractivity contribution < 1.29 is 4.42 Å². The van der Waals surface area contributed by atoms with E-state index in [-0.39, 0.29) is 0 Å². The first-order valence-electron chi connectivity index (χ1n) is 8.03. The van der Waals surface area contributed by atoms with Gasteiger partial charge < -0.3 is 4.42 Å². The molecule has 0 spiro atoms. The summed E-state index contributed by atoms with van der Waals surface area (Å²) in [7, 11) is 0. The lowest BCUT2D eigenvalue weighted by atomic mass is 9.89. The maximum Gasteiger partial charge on any atom is 0.127 e. The number of fused-ring (bicyclic) bond motifs is 2. The van der Waals surface area contributed by atoms with Crippen molar-refractivity contribution in [1.29, 1.82) is 0 Å². The minimum atomic E-state index is 0.511. The molecule has 1 heteroatoms. The Morgan fingerprint density at radius 3 is 2.67 bits per heavy atom. The number of rotatable bonds is 1. The number of hydrogen-bond donors (Lipinski definition) is 0. The van der Waals surface area contributed by atoms with E-state index in [0.717, 1.165) is 37.2 Å². The second kappa shape index (κ2) is 6.98. The average Bonchev–Trinajstić information content (AvgIpc) is 2.73. The standard InChI is InChI=1S/C20H28O/c1-14(2)18-10-9-15(3)7-6-8-16(4)11-19-12-17(5)20(13-18)21-19/h7,11-12,18H,1,6,8-10,13H2,2-5H3/b15-7+,16-11-. The van der Waals surface area contributed by atoms with Crippen molar-refractivity contribution in [2.45, 2.75) is 59.8 Å². The summed E-state index contributed by atoms with van der Waals surface area (Å²) in [4.78, 5) is 0. The molecule has 0 saturated carbocycles. The van der Waals surface area contributed by atoms with Crippen molar-refractivity contribution in [1.82, 2.24) is 0 Å². The number of aryl methyl sites for hydroxylation is 1. The summed E-state index contributed by atoms with van der Waals surface area (Å²) in [6, 6.07) is 2.17. The van der Waals surface area contributed by atoms with E-state index in [1.165, 1.54) is 28.7 Å². The van der Waals surface area contributed by atoms with Crippen LogP contribution in [0.15, 0.2) is 39.9 Å². The number of allylic oxidation sites excluding steroid dienone is 4. The number of hydrogen-bond acceptors (Lipinski definition) is 1. The first kappa shape index (κ1) is 15.9. The second-order valence-electron chi connectivity index (χ2n) is 6.62. The first-order chi connectivity index (χ1) is 9.95. The van der Waals surface area contributed by atoms with Crippen molar-refractivity contribution in [3.8, 4) is 0 Å². The Labute approximate surface area is 129 Å². The van der Waals surface area contributed by atoms with E-state index in [1.807, 2.05) is 0 Å². The number of furan rings is 1. The van der Waals surface area contributed by atoms with E-state index < -0.39 is 0 Å². The highest BCUT2D eigenvalue weighted by atomic mass is 16.3. The largest absolute Gasteiger partial charge is 0.461 e. The molecule has 2 bridgehead atoms. The van der Waals surface area contributed by atoms with Crippen LogP contribution in [0.25, 0.3) is 6.08 Å².